The number of hydrogen-bond donors (Lipinski definition) is 1. The molecule has 1 unspecified atom stereocenters. The molecule has 0 amide bonds. The van der Waals surface area contributed by atoms with Gasteiger partial charge in [-0.15, -0.1) is 0 Å². The van der Waals surface area contributed by atoms with Crippen molar-refractivity contribution in [2.45, 2.75) is 12.8 Å². The molecule has 0 fully saturated rings. The molecule has 0 saturated carbocycles. The van der Waals surface area contributed by atoms with Gasteiger partial charge in [-0.3, -0.25) is 4.79 Å². The van der Waals surface area contributed by atoms with E-state index in [0.717, 1.165) is 0 Å². The van der Waals surface area contributed by atoms with E-state index < -0.39 is 11.9 Å². The number of carboxylic acids is 1. The Kier molecular flexibility index (Phi) is 3.36. The first-order valence-electron chi connectivity index (χ1n) is 4.12. The summed E-state index contributed by atoms with van der Waals surface area (Å²) >= 11 is 5.75. The van der Waals surface area contributed by atoms with Crippen LogP contribution in [0.25, 0.3) is 0 Å². The third kappa shape index (κ3) is 2.17. The Morgan fingerprint density at radius 3 is 2.71 bits per heavy atom. The average Bonchev–Trinajstić information content (AvgIpc) is 2.16. The fraction of sp³-hybridized carbons (Fsp3) is 0.300. The number of ether oxygens (including phenoxy) is 1. The summed E-state index contributed by atoms with van der Waals surface area (Å²) in [5, 5.41) is 9.37. The third-order valence-electron chi connectivity index (χ3n) is 2.03. The zero-order valence-corrected chi connectivity index (χ0v) is 8.71. The van der Waals surface area contributed by atoms with E-state index in [9.17, 15) is 4.79 Å². The van der Waals surface area contributed by atoms with Crippen molar-refractivity contribution in [3.05, 3.63) is 28.8 Å². The molecule has 1 aromatic rings. The predicted molar refractivity (Wildman–Crippen MR) is 54.1 cm³/mol. The van der Waals surface area contributed by atoms with E-state index in [1.807, 2.05) is 0 Å². The molecule has 0 aliphatic heterocycles. The van der Waals surface area contributed by atoms with E-state index in [2.05, 4.69) is 0 Å². The molecule has 1 atom stereocenters. The molecule has 0 spiro atoms. The molecule has 0 bridgehead atoms. The molecular weight excluding hydrogens is 204 g/mol. The van der Waals surface area contributed by atoms with E-state index in [-0.39, 0.29) is 0 Å². The summed E-state index contributed by atoms with van der Waals surface area (Å²) in [6.45, 7) is 1.61. The van der Waals surface area contributed by atoms with Gasteiger partial charge < -0.3 is 9.84 Å². The fourth-order valence-electron chi connectivity index (χ4n) is 1.18. The SMILES string of the molecule is COc1cc(Cl)ccc1C(C)C(=O)O. The third-order valence-corrected chi connectivity index (χ3v) is 2.27. The lowest BCUT2D eigenvalue weighted by Crippen LogP contribution is -2.08. The van der Waals surface area contributed by atoms with Crippen LogP contribution in [0.5, 0.6) is 5.75 Å². The first-order chi connectivity index (χ1) is 6.56. The van der Waals surface area contributed by atoms with Crippen LogP contribution in [0, 0.1) is 0 Å². The molecule has 1 rings (SSSR count). The lowest BCUT2D eigenvalue weighted by molar-refractivity contribution is -0.138. The lowest BCUT2D eigenvalue weighted by Gasteiger charge is -2.11. The number of carboxylic acid groups (broad SMARTS) is 1. The van der Waals surface area contributed by atoms with Crippen molar-refractivity contribution in [1.82, 2.24) is 0 Å². The van der Waals surface area contributed by atoms with E-state index in [1.165, 1.54) is 7.11 Å². The minimum absolute atomic E-state index is 0.507. The van der Waals surface area contributed by atoms with Gasteiger partial charge in [0, 0.05) is 10.6 Å². The van der Waals surface area contributed by atoms with Crippen LogP contribution in [0.15, 0.2) is 18.2 Å². The highest BCUT2D eigenvalue weighted by Gasteiger charge is 2.17. The molecule has 1 aromatic carbocycles. The number of aliphatic carboxylic acids is 1. The normalized spacial score (nSPS) is 12.2. The average molecular weight is 215 g/mol. The molecule has 4 heteroatoms. The molecule has 0 saturated heterocycles. The van der Waals surface area contributed by atoms with E-state index in [1.54, 1.807) is 25.1 Å². The number of methoxy groups -OCH3 is 1. The van der Waals surface area contributed by atoms with Crippen molar-refractivity contribution in [1.29, 1.82) is 0 Å². The van der Waals surface area contributed by atoms with Crippen LogP contribution in [0.1, 0.15) is 18.4 Å². The molecule has 14 heavy (non-hydrogen) atoms. The van der Waals surface area contributed by atoms with Crippen molar-refractivity contribution in [3.8, 4) is 5.75 Å². The minimum atomic E-state index is -0.884. The van der Waals surface area contributed by atoms with Gasteiger partial charge in [-0.1, -0.05) is 17.7 Å². The molecular formula is C10H11ClO3. The van der Waals surface area contributed by atoms with Crippen LogP contribution in [0.4, 0.5) is 0 Å². The summed E-state index contributed by atoms with van der Waals surface area (Å²) in [6.07, 6.45) is 0. The van der Waals surface area contributed by atoms with Crippen LogP contribution >= 0.6 is 11.6 Å². The number of halogens is 1. The first-order valence-corrected chi connectivity index (χ1v) is 4.50. The minimum Gasteiger partial charge on any atom is -0.496 e. The summed E-state index contributed by atoms with van der Waals surface area (Å²) < 4.78 is 5.05. The summed E-state index contributed by atoms with van der Waals surface area (Å²) in [6, 6.07) is 4.93. The topological polar surface area (TPSA) is 46.5 Å². The van der Waals surface area contributed by atoms with Gasteiger partial charge in [0.2, 0.25) is 0 Å². The van der Waals surface area contributed by atoms with Crippen LogP contribution in [0.3, 0.4) is 0 Å². The number of benzene rings is 1. The fourth-order valence-corrected chi connectivity index (χ4v) is 1.34. The van der Waals surface area contributed by atoms with Crippen molar-refractivity contribution in [2.24, 2.45) is 0 Å². The Bertz CT molecular complexity index is 349. The van der Waals surface area contributed by atoms with Gasteiger partial charge in [-0.2, -0.15) is 0 Å². The Morgan fingerprint density at radius 2 is 2.21 bits per heavy atom. The van der Waals surface area contributed by atoms with Crippen molar-refractivity contribution >= 4 is 17.6 Å². The van der Waals surface area contributed by atoms with Gasteiger partial charge in [0.15, 0.2) is 0 Å². The van der Waals surface area contributed by atoms with Gasteiger partial charge in [0.1, 0.15) is 5.75 Å². The summed E-state index contributed by atoms with van der Waals surface area (Å²) in [7, 11) is 1.49. The first kappa shape index (κ1) is 10.9. The lowest BCUT2D eigenvalue weighted by atomic mass is 10.0. The smallest absolute Gasteiger partial charge is 0.310 e. The largest absolute Gasteiger partial charge is 0.496 e. The molecule has 0 aliphatic rings. The zero-order valence-electron chi connectivity index (χ0n) is 7.95. The zero-order chi connectivity index (χ0) is 10.7. The number of rotatable bonds is 3. The quantitative estimate of drug-likeness (QED) is 0.841. The highest BCUT2D eigenvalue weighted by atomic mass is 35.5. The number of hydrogen-bond acceptors (Lipinski definition) is 2. The van der Waals surface area contributed by atoms with Crippen LogP contribution in [0.2, 0.25) is 5.02 Å². The highest BCUT2D eigenvalue weighted by molar-refractivity contribution is 6.30. The molecule has 76 valence electrons. The van der Waals surface area contributed by atoms with Crippen molar-refractivity contribution < 1.29 is 14.6 Å². The molecule has 0 aromatic heterocycles. The standard InChI is InChI=1S/C10H11ClO3/c1-6(10(12)13)8-4-3-7(11)5-9(8)14-2/h3-6H,1-2H3,(H,12,13). The maximum absolute atomic E-state index is 10.8. The Hall–Kier alpha value is -1.22. The van der Waals surface area contributed by atoms with E-state index in [4.69, 9.17) is 21.4 Å². The van der Waals surface area contributed by atoms with Crippen LogP contribution < -0.4 is 4.74 Å². The molecule has 0 radical (unpaired) electrons. The Morgan fingerprint density at radius 1 is 1.57 bits per heavy atom. The maximum atomic E-state index is 10.8. The maximum Gasteiger partial charge on any atom is 0.310 e. The molecule has 0 aliphatic carbocycles. The van der Waals surface area contributed by atoms with Gasteiger partial charge >= 0.3 is 5.97 Å². The van der Waals surface area contributed by atoms with Crippen LogP contribution in [-0.2, 0) is 4.79 Å². The van der Waals surface area contributed by atoms with Gasteiger partial charge in [0.05, 0.1) is 13.0 Å². The summed E-state index contributed by atoms with van der Waals surface area (Å²) in [4.78, 5) is 10.8. The number of carbonyl (C=O) groups is 1. The second kappa shape index (κ2) is 4.33. The Labute approximate surface area is 87.3 Å². The van der Waals surface area contributed by atoms with Crippen molar-refractivity contribution in [3.63, 3.8) is 0 Å². The predicted octanol–water partition coefficient (Wildman–Crippen LogP) is 2.54. The summed E-state index contributed by atoms with van der Waals surface area (Å²) in [5.41, 5.74) is 0.629. The molecule has 3 nitrogen and oxygen atoms in total. The van der Waals surface area contributed by atoms with E-state index >= 15 is 0 Å². The molecule has 0 heterocycles. The monoisotopic (exact) mass is 214 g/mol. The molecule has 1 N–H and O–H groups in total. The second-order valence-electron chi connectivity index (χ2n) is 2.95. The van der Waals surface area contributed by atoms with Gasteiger partial charge in [0.25, 0.3) is 0 Å². The van der Waals surface area contributed by atoms with Crippen LogP contribution in [-0.4, -0.2) is 18.2 Å². The second-order valence-corrected chi connectivity index (χ2v) is 3.38. The van der Waals surface area contributed by atoms with E-state index in [0.29, 0.717) is 16.3 Å². The summed E-state index contributed by atoms with van der Waals surface area (Å²) in [5.74, 6) is -0.972. The van der Waals surface area contributed by atoms with Crippen molar-refractivity contribution in [2.75, 3.05) is 7.11 Å². The highest BCUT2D eigenvalue weighted by Crippen LogP contribution is 2.29. The Balaban J connectivity index is 3.13. The van der Waals surface area contributed by atoms with Gasteiger partial charge in [-0.25, -0.2) is 0 Å². The van der Waals surface area contributed by atoms with Gasteiger partial charge in [-0.05, 0) is 19.1 Å².